The predicted molar refractivity (Wildman–Crippen MR) is 73.9 cm³/mol. The maximum Gasteiger partial charge on any atom is 0.228 e. The van der Waals surface area contributed by atoms with Crippen LogP contribution in [0.3, 0.4) is 0 Å². The smallest absolute Gasteiger partial charge is 0.228 e. The van der Waals surface area contributed by atoms with E-state index in [1.807, 2.05) is 30.3 Å². The van der Waals surface area contributed by atoms with Gasteiger partial charge in [0.15, 0.2) is 0 Å². The number of fused-ring (bicyclic) bond motifs is 1. The molecule has 1 aliphatic rings. The van der Waals surface area contributed by atoms with Gasteiger partial charge < -0.3 is 10.6 Å². The molecule has 3 rings (SSSR count). The Balaban J connectivity index is 1.85. The highest BCUT2D eigenvalue weighted by atomic mass is 16.1. The van der Waals surface area contributed by atoms with Crippen molar-refractivity contribution >= 4 is 17.4 Å². The zero-order chi connectivity index (χ0) is 13.9. The van der Waals surface area contributed by atoms with Crippen molar-refractivity contribution in [3.8, 4) is 17.3 Å². The molecule has 20 heavy (non-hydrogen) atoms. The van der Waals surface area contributed by atoms with Gasteiger partial charge in [0.2, 0.25) is 5.91 Å². The van der Waals surface area contributed by atoms with Gasteiger partial charge in [-0.05, 0) is 29.8 Å². The molecule has 0 saturated carbocycles. The van der Waals surface area contributed by atoms with Gasteiger partial charge in [0, 0.05) is 11.3 Å². The maximum atomic E-state index is 11.3. The molecular formula is C14H11N5O. The fourth-order valence-electron chi connectivity index (χ4n) is 2.10. The SMILES string of the molecule is N#CCNc1ccc(-c2ccc3c(c2)CC(=O)N3)nn1. The van der Waals surface area contributed by atoms with Crippen molar-refractivity contribution in [2.75, 3.05) is 17.2 Å². The molecule has 0 aliphatic carbocycles. The number of benzene rings is 1. The molecule has 2 aromatic rings. The van der Waals surface area contributed by atoms with E-state index in [-0.39, 0.29) is 12.5 Å². The molecule has 0 bridgehead atoms. The molecule has 1 amide bonds. The Hall–Kier alpha value is -2.94. The lowest BCUT2D eigenvalue weighted by atomic mass is 10.1. The topological polar surface area (TPSA) is 90.7 Å². The summed E-state index contributed by atoms with van der Waals surface area (Å²) in [6.45, 7) is 0.195. The molecule has 0 atom stereocenters. The highest BCUT2D eigenvalue weighted by Crippen LogP contribution is 2.28. The van der Waals surface area contributed by atoms with Crippen LogP contribution in [0.15, 0.2) is 30.3 Å². The molecule has 1 aromatic heterocycles. The van der Waals surface area contributed by atoms with Crippen molar-refractivity contribution in [1.82, 2.24) is 10.2 Å². The second-order valence-electron chi connectivity index (χ2n) is 4.41. The summed E-state index contributed by atoms with van der Waals surface area (Å²) in [6.07, 6.45) is 0.401. The van der Waals surface area contributed by atoms with E-state index in [4.69, 9.17) is 5.26 Å². The Morgan fingerprint density at radius 2 is 2.20 bits per heavy atom. The summed E-state index contributed by atoms with van der Waals surface area (Å²) in [5, 5.41) is 22.2. The van der Waals surface area contributed by atoms with Gasteiger partial charge in [0.25, 0.3) is 0 Å². The highest BCUT2D eigenvalue weighted by molar-refractivity contribution is 5.99. The summed E-state index contributed by atoms with van der Waals surface area (Å²) in [4.78, 5) is 11.3. The van der Waals surface area contributed by atoms with Gasteiger partial charge in [0.05, 0.1) is 18.2 Å². The maximum absolute atomic E-state index is 11.3. The van der Waals surface area contributed by atoms with Gasteiger partial charge in [-0.1, -0.05) is 6.07 Å². The van der Waals surface area contributed by atoms with Crippen LogP contribution in [-0.2, 0) is 11.2 Å². The van der Waals surface area contributed by atoms with Crippen LogP contribution in [0.1, 0.15) is 5.56 Å². The van der Waals surface area contributed by atoms with E-state index < -0.39 is 0 Å². The molecule has 0 unspecified atom stereocenters. The van der Waals surface area contributed by atoms with Gasteiger partial charge in [0.1, 0.15) is 12.4 Å². The van der Waals surface area contributed by atoms with Crippen LogP contribution in [0.5, 0.6) is 0 Å². The fourth-order valence-corrected chi connectivity index (χ4v) is 2.10. The van der Waals surface area contributed by atoms with Crippen molar-refractivity contribution in [3.05, 3.63) is 35.9 Å². The van der Waals surface area contributed by atoms with Gasteiger partial charge in [-0.3, -0.25) is 4.79 Å². The van der Waals surface area contributed by atoms with Crippen molar-refractivity contribution in [3.63, 3.8) is 0 Å². The summed E-state index contributed by atoms with van der Waals surface area (Å²) in [5.74, 6) is 0.576. The van der Waals surface area contributed by atoms with Crippen LogP contribution in [0.4, 0.5) is 11.5 Å². The molecule has 0 spiro atoms. The minimum absolute atomic E-state index is 0.0132. The molecule has 0 fully saturated rings. The largest absolute Gasteiger partial charge is 0.356 e. The van der Waals surface area contributed by atoms with E-state index in [0.717, 1.165) is 22.5 Å². The molecule has 98 valence electrons. The lowest BCUT2D eigenvalue weighted by molar-refractivity contribution is -0.115. The monoisotopic (exact) mass is 265 g/mol. The third kappa shape index (κ3) is 2.29. The molecule has 6 nitrogen and oxygen atoms in total. The zero-order valence-electron chi connectivity index (χ0n) is 10.6. The number of rotatable bonds is 3. The second kappa shape index (κ2) is 4.97. The molecule has 1 aromatic carbocycles. The molecule has 2 heterocycles. The van der Waals surface area contributed by atoms with Crippen molar-refractivity contribution in [2.45, 2.75) is 6.42 Å². The number of nitrogens with zero attached hydrogens (tertiary/aromatic N) is 3. The van der Waals surface area contributed by atoms with Crippen molar-refractivity contribution in [2.24, 2.45) is 0 Å². The predicted octanol–water partition coefficient (Wildman–Crippen LogP) is 1.57. The van der Waals surface area contributed by atoms with E-state index in [0.29, 0.717) is 12.2 Å². The first kappa shape index (κ1) is 12.1. The first-order valence-electron chi connectivity index (χ1n) is 6.14. The number of carbonyl (C=O) groups is 1. The normalized spacial score (nSPS) is 12.4. The van der Waals surface area contributed by atoms with Crippen LogP contribution in [0.25, 0.3) is 11.3 Å². The number of nitrogens with one attached hydrogen (secondary N) is 2. The van der Waals surface area contributed by atoms with Gasteiger partial charge in [-0.2, -0.15) is 5.26 Å². The Kier molecular flexibility index (Phi) is 3.01. The van der Waals surface area contributed by atoms with Crippen LogP contribution in [0.2, 0.25) is 0 Å². The number of nitriles is 1. The number of amides is 1. The van der Waals surface area contributed by atoms with E-state index in [2.05, 4.69) is 20.8 Å². The lowest BCUT2D eigenvalue weighted by Gasteiger charge is -2.04. The summed E-state index contributed by atoms with van der Waals surface area (Å²) < 4.78 is 0. The minimum atomic E-state index is 0.0132. The number of hydrogen-bond donors (Lipinski definition) is 2. The van der Waals surface area contributed by atoms with E-state index in [9.17, 15) is 4.79 Å². The van der Waals surface area contributed by atoms with E-state index in [1.165, 1.54) is 0 Å². The average Bonchev–Trinajstić information content (AvgIpc) is 2.84. The van der Waals surface area contributed by atoms with Gasteiger partial charge in [-0.25, -0.2) is 0 Å². The molecule has 6 heteroatoms. The Morgan fingerprint density at radius 3 is 2.95 bits per heavy atom. The highest BCUT2D eigenvalue weighted by Gasteiger charge is 2.17. The Labute approximate surface area is 115 Å². The van der Waals surface area contributed by atoms with Crippen LogP contribution < -0.4 is 10.6 Å². The van der Waals surface area contributed by atoms with Crippen LogP contribution >= 0.6 is 0 Å². The zero-order valence-corrected chi connectivity index (χ0v) is 10.6. The van der Waals surface area contributed by atoms with Crippen LogP contribution in [0, 0.1) is 11.3 Å². The Morgan fingerprint density at radius 1 is 1.30 bits per heavy atom. The molecule has 1 aliphatic heterocycles. The van der Waals surface area contributed by atoms with E-state index >= 15 is 0 Å². The first-order chi connectivity index (χ1) is 9.76. The van der Waals surface area contributed by atoms with E-state index in [1.54, 1.807) is 6.07 Å². The molecule has 2 N–H and O–H groups in total. The summed E-state index contributed by atoms with van der Waals surface area (Å²) >= 11 is 0. The minimum Gasteiger partial charge on any atom is -0.356 e. The van der Waals surface area contributed by atoms with Crippen LogP contribution in [-0.4, -0.2) is 22.6 Å². The lowest BCUT2D eigenvalue weighted by Crippen LogP contribution is -2.03. The number of aromatic nitrogens is 2. The summed E-state index contributed by atoms with van der Waals surface area (Å²) in [7, 11) is 0. The summed E-state index contributed by atoms with van der Waals surface area (Å²) in [6, 6.07) is 11.3. The molecular weight excluding hydrogens is 254 g/mol. The van der Waals surface area contributed by atoms with Crippen molar-refractivity contribution in [1.29, 1.82) is 5.26 Å². The molecule has 0 radical (unpaired) electrons. The van der Waals surface area contributed by atoms with Gasteiger partial charge >= 0.3 is 0 Å². The second-order valence-corrected chi connectivity index (χ2v) is 4.41. The third-order valence-electron chi connectivity index (χ3n) is 3.04. The van der Waals surface area contributed by atoms with Gasteiger partial charge in [-0.15, -0.1) is 10.2 Å². The number of carbonyl (C=O) groups excluding carboxylic acids is 1. The third-order valence-corrected chi connectivity index (χ3v) is 3.04. The molecule has 0 saturated heterocycles. The Bertz CT molecular complexity index is 702. The quantitative estimate of drug-likeness (QED) is 0.822. The number of anilines is 2. The summed E-state index contributed by atoms with van der Waals surface area (Å²) in [5.41, 5.74) is 3.48. The first-order valence-corrected chi connectivity index (χ1v) is 6.14. The average molecular weight is 265 g/mol. The van der Waals surface area contributed by atoms with Crippen molar-refractivity contribution < 1.29 is 4.79 Å². The fraction of sp³-hybridized carbons (Fsp3) is 0.143. The standard InChI is InChI=1S/C14H11N5O/c15-5-6-16-13-4-3-12(18-19-13)9-1-2-11-10(7-9)8-14(20)17-11/h1-4,7H,6,8H2,(H,16,19)(H,17,20). The number of hydrogen-bond acceptors (Lipinski definition) is 5.